The molecule has 0 amide bonds. The first-order chi connectivity index (χ1) is 7.89. The van der Waals surface area contributed by atoms with Crippen LogP contribution in [0.5, 0.6) is 0 Å². The Labute approximate surface area is 98.8 Å². The van der Waals surface area contributed by atoms with E-state index in [-0.39, 0.29) is 22.9 Å². The normalized spacial score (nSPS) is 25.6. The van der Waals surface area contributed by atoms with Gasteiger partial charge in [0.15, 0.2) is 0 Å². The lowest BCUT2D eigenvalue weighted by Crippen LogP contribution is -2.05. The fraction of sp³-hybridized carbons (Fsp3) is 0.500. The van der Waals surface area contributed by atoms with Crippen molar-refractivity contribution >= 4 is 5.69 Å². The van der Waals surface area contributed by atoms with E-state index >= 15 is 0 Å². The van der Waals surface area contributed by atoms with E-state index in [1.807, 2.05) is 13.8 Å². The predicted molar refractivity (Wildman–Crippen MR) is 62.1 cm³/mol. The van der Waals surface area contributed by atoms with Crippen LogP contribution in [0.2, 0.25) is 0 Å². The Hall–Kier alpha value is -1.49. The maximum Gasteiger partial charge on any atom is 0.273 e. The van der Waals surface area contributed by atoms with Gasteiger partial charge in [-0.2, -0.15) is 0 Å². The Morgan fingerprint density at radius 3 is 2.65 bits per heavy atom. The number of nitro groups is 1. The van der Waals surface area contributed by atoms with Gasteiger partial charge in [-0.1, -0.05) is 13.8 Å². The molecule has 0 heterocycles. The van der Waals surface area contributed by atoms with E-state index in [0.717, 1.165) is 6.07 Å². The molecule has 0 radical (unpaired) electrons. The highest BCUT2D eigenvalue weighted by Crippen LogP contribution is 2.65. The van der Waals surface area contributed by atoms with Crippen molar-refractivity contribution in [1.29, 1.82) is 0 Å². The summed E-state index contributed by atoms with van der Waals surface area (Å²) in [5, 5.41) is 10.9. The minimum Gasteiger partial charge on any atom is -0.330 e. The van der Waals surface area contributed by atoms with Gasteiger partial charge in [0.05, 0.1) is 4.92 Å². The number of rotatable bonds is 3. The SMILES string of the molecule is CC1(C)[C@H](CN)[C@H]1c1cc(F)ccc1[N+](=O)[O-]. The van der Waals surface area contributed by atoms with Gasteiger partial charge in [-0.3, -0.25) is 10.1 Å². The van der Waals surface area contributed by atoms with E-state index in [0.29, 0.717) is 12.1 Å². The zero-order valence-electron chi connectivity index (χ0n) is 9.81. The van der Waals surface area contributed by atoms with Gasteiger partial charge >= 0.3 is 0 Å². The van der Waals surface area contributed by atoms with Gasteiger partial charge in [0.25, 0.3) is 5.69 Å². The summed E-state index contributed by atoms with van der Waals surface area (Å²) in [6.45, 7) is 4.47. The molecule has 92 valence electrons. The summed E-state index contributed by atoms with van der Waals surface area (Å²) in [7, 11) is 0. The Balaban J connectivity index is 2.46. The molecular formula is C12H15FN2O2. The number of nitrogens with two attached hydrogens (primary N) is 1. The van der Waals surface area contributed by atoms with Crippen LogP contribution in [0.15, 0.2) is 18.2 Å². The van der Waals surface area contributed by atoms with Crippen LogP contribution in [-0.2, 0) is 0 Å². The Bertz CT molecular complexity index is 474. The van der Waals surface area contributed by atoms with Crippen LogP contribution in [0.3, 0.4) is 0 Å². The van der Waals surface area contributed by atoms with E-state index in [2.05, 4.69) is 0 Å². The molecule has 0 aromatic heterocycles. The summed E-state index contributed by atoms with van der Waals surface area (Å²) >= 11 is 0. The lowest BCUT2D eigenvalue weighted by Gasteiger charge is -2.04. The zero-order valence-corrected chi connectivity index (χ0v) is 9.81. The van der Waals surface area contributed by atoms with Crippen LogP contribution in [0.4, 0.5) is 10.1 Å². The molecule has 4 nitrogen and oxygen atoms in total. The smallest absolute Gasteiger partial charge is 0.273 e. The van der Waals surface area contributed by atoms with Crippen molar-refractivity contribution in [1.82, 2.24) is 0 Å². The monoisotopic (exact) mass is 238 g/mol. The highest BCUT2D eigenvalue weighted by Gasteiger charge is 2.59. The number of benzene rings is 1. The van der Waals surface area contributed by atoms with Crippen LogP contribution >= 0.6 is 0 Å². The molecule has 5 heteroatoms. The minimum atomic E-state index is -0.462. The number of nitrogens with zero attached hydrogens (tertiary/aromatic N) is 1. The largest absolute Gasteiger partial charge is 0.330 e. The summed E-state index contributed by atoms with van der Waals surface area (Å²) in [4.78, 5) is 10.5. The maximum atomic E-state index is 13.2. The molecule has 2 rings (SSSR count). The van der Waals surface area contributed by atoms with Gasteiger partial charge in [-0.15, -0.1) is 0 Å². The van der Waals surface area contributed by atoms with Crippen LogP contribution in [0.1, 0.15) is 25.3 Å². The number of halogens is 1. The van der Waals surface area contributed by atoms with Gasteiger partial charge in [0.1, 0.15) is 5.82 Å². The third-order valence-electron chi connectivity index (χ3n) is 3.83. The minimum absolute atomic E-state index is 0.0135. The van der Waals surface area contributed by atoms with Crippen LogP contribution in [0.25, 0.3) is 0 Å². The Morgan fingerprint density at radius 2 is 2.18 bits per heavy atom. The van der Waals surface area contributed by atoms with Crippen molar-refractivity contribution in [3.63, 3.8) is 0 Å². The van der Waals surface area contributed by atoms with Crippen molar-refractivity contribution in [2.75, 3.05) is 6.54 Å². The van der Waals surface area contributed by atoms with Crippen molar-refractivity contribution in [3.05, 3.63) is 39.7 Å². The van der Waals surface area contributed by atoms with E-state index in [4.69, 9.17) is 5.73 Å². The van der Waals surface area contributed by atoms with Crippen LogP contribution in [-0.4, -0.2) is 11.5 Å². The molecule has 1 aliphatic carbocycles. The van der Waals surface area contributed by atoms with Gasteiger partial charge in [0.2, 0.25) is 0 Å². The molecule has 1 saturated carbocycles. The van der Waals surface area contributed by atoms with E-state index in [9.17, 15) is 14.5 Å². The summed E-state index contributed by atoms with van der Waals surface area (Å²) in [5.74, 6) is -0.282. The fourth-order valence-corrected chi connectivity index (χ4v) is 2.74. The summed E-state index contributed by atoms with van der Waals surface area (Å²) in [6, 6.07) is 3.61. The topological polar surface area (TPSA) is 69.2 Å². The highest BCUT2D eigenvalue weighted by atomic mass is 19.1. The second-order valence-corrected chi connectivity index (χ2v) is 5.10. The average Bonchev–Trinajstić information content (AvgIpc) is 2.79. The quantitative estimate of drug-likeness (QED) is 0.649. The first-order valence-electron chi connectivity index (χ1n) is 5.53. The summed E-state index contributed by atoms with van der Waals surface area (Å²) in [6.07, 6.45) is 0. The lowest BCUT2D eigenvalue weighted by atomic mass is 10.0. The molecule has 2 N–H and O–H groups in total. The van der Waals surface area contributed by atoms with Crippen LogP contribution in [0, 0.1) is 27.3 Å². The van der Waals surface area contributed by atoms with Crippen molar-refractivity contribution in [3.8, 4) is 0 Å². The summed E-state index contributed by atoms with van der Waals surface area (Å²) < 4.78 is 13.2. The van der Waals surface area contributed by atoms with Crippen molar-refractivity contribution < 1.29 is 9.31 Å². The molecular weight excluding hydrogens is 223 g/mol. The van der Waals surface area contributed by atoms with E-state index in [1.54, 1.807) is 0 Å². The van der Waals surface area contributed by atoms with Gasteiger partial charge in [-0.05, 0) is 30.0 Å². The second-order valence-electron chi connectivity index (χ2n) is 5.10. The molecule has 0 bridgehead atoms. The van der Waals surface area contributed by atoms with Gasteiger partial charge in [-0.25, -0.2) is 4.39 Å². The third kappa shape index (κ3) is 1.80. The first-order valence-corrected chi connectivity index (χ1v) is 5.53. The molecule has 0 saturated heterocycles. The standard InChI is InChI=1S/C12H15FN2O2/c1-12(2)9(6-14)11(12)8-5-7(13)3-4-10(8)15(16)17/h3-5,9,11H,6,14H2,1-2H3/t9-,11-/m1/s1. The molecule has 2 atom stereocenters. The number of hydrogen-bond acceptors (Lipinski definition) is 3. The molecule has 0 unspecified atom stereocenters. The number of nitro benzene ring substituents is 1. The zero-order chi connectivity index (χ0) is 12.8. The van der Waals surface area contributed by atoms with E-state index < -0.39 is 10.7 Å². The van der Waals surface area contributed by atoms with Gasteiger partial charge in [0, 0.05) is 17.5 Å². The first kappa shape index (κ1) is 12.0. The molecule has 1 aromatic rings. The molecule has 1 aromatic carbocycles. The fourth-order valence-electron chi connectivity index (χ4n) is 2.74. The average molecular weight is 238 g/mol. The Kier molecular flexibility index (Phi) is 2.66. The van der Waals surface area contributed by atoms with Gasteiger partial charge < -0.3 is 5.73 Å². The predicted octanol–water partition coefficient (Wildman–Crippen LogP) is 2.43. The second kappa shape index (κ2) is 3.77. The molecule has 0 aliphatic heterocycles. The van der Waals surface area contributed by atoms with Crippen LogP contribution < -0.4 is 5.73 Å². The molecule has 1 aliphatic rings. The number of hydrogen-bond donors (Lipinski definition) is 1. The molecule has 0 spiro atoms. The molecule has 1 fully saturated rings. The summed E-state index contributed by atoms with van der Waals surface area (Å²) in [5.41, 5.74) is 6.00. The van der Waals surface area contributed by atoms with Crippen molar-refractivity contribution in [2.24, 2.45) is 17.1 Å². The Morgan fingerprint density at radius 1 is 1.53 bits per heavy atom. The molecule has 17 heavy (non-hydrogen) atoms. The highest BCUT2D eigenvalue weighted by molar-refractivity contribution is 5.47. The maximum absolute atomic E-state index is 13.2. The van der Waals surface area contributed by atoms with E-state index in [1.165, 1.54) is 12.1 Å². The van der Waals surface area contributed by atoms with Crippen molar-refractivity contribution in [2.45, 2.75) is 19.8 Å². The third-order valence-corrected chi connectivity index (χ3v) is 3.83. The lowest BCUT2D eigenvalue weighted by molar-refractivity contribution is -0.385.